The van der Waals surface area contributed by atoms with Crippen LogP contribution in [0.15, 0.2) is 41.1 Å². The number of fused-ring (bicyclic) bond motifs is 1. The van der Waals surface area contributed by atoms with Gasteiger partial charge in [-0.15, -0.1) is 0 Å². The Morgan fingerprint density at radius 3 is 2.70 bits per heavy atom. The highest BCUT2D eigenvalue weighted by Crippen LogP contribution is 2.34. The molecule has 20 heavy (non-hydrogen) atoms. The summed E-state index contributed by atoms with van der Waals surface area (Å²) in [7, 11) is 0. The van der Waals surface area contributed by atoms with Gasteiger partial charge in [0, 0.05) is 28.4 Å². The SMILES string of the molecule is NCc1c(-c2ccccc2Cl)cc(N)c2ncc(Br)n12. The summed E-state index contributed by atoms with van der Waals surface area (Å²) in [5, 5.41) is 0.664. The third kappa shape index (κ3) is 1.98. The van der Waals surface area contributed by atoms with Gasteiger partial charge >= 0.3 is 0 Å². The number of halogens is 2. The molecular weight excluding hydrogens is 340 g/mol. The van der Waals surface area contributed by atoms with E-state index in [1.165, 1.54) is 0 Å². The summed E-state index contributed by atoms with van der Waals surface area (Å²) in [5.41, 5.74) is 16.0. The molecule has 6 heteroatoms. The van der Waals surface area contributed by atoms with E-state index in [1.807, 2.05) is 34.7 Å². The van der Waals surface area contributed by atoms with Crippen LogP contribution in [0.3, 0.4) is 0 Å². The standard InChI is InChI=1S/C14H12BrClN4/c15-13-7-19-14-11(18)5-9(12(6-17)20(13)14)8-3-1-2-4-10(8)16/h1-5,7H,6,17-18H2. The van der Waals surface area contributed by atoms with Crippen LogP contribution in [0.2, 0.25) is 5.02 Å². The minimum Gasteiger partial charge on any atom is -0.396 e. The number of anilines is 1. The van der Waals surface area contributed by atoms with E-state index < -0.39 is 0 Å². The molecule has 0 radical (unpaired) electrons. The van der Waals surface area contributed by atoms with Gasteiger partial charge in [-0.05, 0) is 28.1 Å². The van der Waals surface area contributed by atoms with Crippen molar-refractivity contribution in [1.82, 2.24) is 9.38 Å². The predicted molar refractivity (Wildman–Crippen MR) is 85.6 cm³/mol. The second-order valence-electron chi connectivity index (χ2n) is 4.38. The molecule has 4 nitrogen and oxygen atoms in total. The zero-order chi connectivity index (χ0) is 14.3. The van der Waals surface area contributed by atoms with Crippen molar-refractivity contribution in [3.8, 4) is 11.1 Å². The fraction of sp³-hybridized carbons (Fsp3) is 0.0714. The van der Waals surface area contributed by atoms with E-state index in [1.54, 1.807) is 6.20 Å². The molecule has 0 unspecified atom stereocenters. The van der Waals surface area contributed by atoms with Crippen molar-refractivity contribution in [3.63, 3.8) is 0 Å². The minimum atomic E-state index is 0.353. The summed E-state index contributed by atoms with van der Waals surface area (Å²) in [6.45, 7) is 0.353. The number of imidazole rings is 1. The van der Waals surface area contributed by atoms with Gasteiger partial charge in [-0.25, -0.2) is 4.98 Å². The van der Waals surface area contributed by atoms with Crippen LogP contribution in [0.25, 0.3) is 16.8 Å². The molecule has 0 spiro atoms. The first-order valence-corrected chi connectivity index (χ1v) is 7.20. The van der Waals surface area contributed by atoms with Crippen LogP contribution >= 0.6 is 27.5 Å². The predicted octanol–water partition coefficient (Wildman–Crippen LogP) is 3.46. The first-order valence-electron chi connectivity index (χ1n) is 6.02. The summed E-state index contributed by atoms with van der Waals surface area (Å²) in [5.74, 6) is 0. The fourth-order valence-electron chi connectivity index (χ4n) is 2.33. The van der Waals surface area contributed by atoms with Crippen LogP contribution in [-0.2, 0) is 6.54 Å². The molecule has 0 saturated heterocycles. The molecule has 4 N–H and O–H groups in total. The molecule has 102 valence electrons. The molecule has 0 aliphatic rings. The number of pyridine rings is 1. The summed E-state index contributed by atoms with van der Waals surface area (Å²) >= 11 is 9.76. The van der Waals surface area contributed by atoms with Gasteiger partial charge in [0.1, 0.15) is 4.60 Å². The zero-order valence-electron chi connectivity index (χ0n) is 10.5. The molecule has 2 aromatic heterocycles. The van der Waals surface area contributed by atoms with Crippen molar-refractivity contribution in [2.45, 2.75) is 6.54 Å². The van der Waals surface area contributed by atoms with E-state index >= 15 is 0 Å². The van der Waals surface area contributed by atoms with E-state index in [-0.39, 0.29) is 0 Å². The minimum absolute atomic E-state index is 0.353. The Kier molecular flexibility index (Phi) is 3.41. The largest absolute Gasteiger partial charge is 0.396 e. The molecule has 0 atom stereocenters. The number of nitrogens with two attached hydrogens (primary N) is 2. The third-order valence-corrected chi connectivity index (χ3v) is 4.10. The topological polar surface area (TPSA) is 69.3 Å². The molecule has 3 rings (SSSR count). The number of aromatic nitrogens is 2. The van der Waals surface area contributed by atoms with Gasteiger partial charge in [-0.3, -0.25) is 4.40 Å². The van der Waals surface area contributed by atoms with Crippen molar-refractivity contribution in [2.75, 3.05) is 5.73 Å². The smallest absolute Gasteiger partial charge is 0.161 e. The summed E-state index contributed by atoms with van der Waals surface area (Å²) in [6, 6.07) is 9.50. The number of nitrogens with zero attached hydrogens (tertiary/aromatic N) is 2. The summed E-state index contributed by atoms with van der Waals surface area (Å²) in [6.07, 6.45) is 1.71. The van der Waals surface area contributed by atoms with E-state index in [0.29, 0.717) is 22.9 Å². The van der Waals surface area contributed by atoms with Crippen molar-refractivity contribution >= 4 is 38.9 Å². The Bertz CT molecular complexity index is 797. The highest BCUT2D eigenvalue weighted by molar-refractivity contribution is 9.10. The van der Waals surface area contributed by atoms with Gasteiger partial charge in [-0.2, -0.15) is 0 Å². The quantitative estimate of drug-likeness (QED) is 0.743. The van der Waals surface area contributed by atoms with Crippen LogP contribution in [0, 0.1) is 0 Å². The molecule has 2 heterocycles. The van der Waals surface area contributed by atoms with Crippen LogP contribution in [0.5, 0.6) is 0 Å². The van der Waals surface area contributed by atoms with Crippen LogP contribution in [0.1, 0.15) is 5.69 Å². The Balaban J connectivity index is 2.42. The highest BCUT2D eigenvalue weighted by Gasteiger charge is 2.16. The maximum Gasteiger partial charge on any atom is 0.161 e. The number of benzene rings is 1. The first-order chi connectivity index (χ1) is 9.63. The lowest BCUT2D eigenvalue weighted by molar-refractivity contribution is 0.939. The molecule has 3 aromatic rings. The van der Waals surface area contributed by atoms with Crippen LogP contribution in [-0.4, -0.2) is 9.38 Å². The van der Waals surface area contributed by atoms with Gasteiger partial charge in [-0.1, -0.05) is 29.8 Å². The second kappa shape index (κ2) is 5.09. The first kappa shape index (κ1) is 13.4. The van der Waals surface area contributed by atoms with Gasteiger partial charge < -0.3 is 11.5 Å². The van der Waals surface area contributed by atoms with Gasteiger partial charge in [0.05, 0.1) is 11.9 Å². The highest BCUT2D eigenvalue weighted by atomic mass is 79.9. The van der Waals surface area contributed by atoms with Crippen LogP contribution < -0.4 is 11.5 Å². The Morgan fingerprint density at radius 2 is 2.00 bits per heavy atom. The summed E-state index contributed by atoms with van der Waals surface area (Å²) in [4.78, 5) is 4.29. The normalized spacial score (nSPS) is 11.2. The van der Waals surface area contributed by atoms with Crippen molar-refractivity contribution in [3.05, 3.63) is 51.8 Å². The summed E-state index contributed by atoms with van der Waals surface area (Å²) < 4.78 is 2.72. The van der Waals surface area contributed by atoms with Gasteiger partial charge in [0.25, 0.3) is 0 Å². The Hall–Kier alpha value is -1.56. The maximum absolute atomic E-state index is 6.29. The molecule has 0 aliphatic carbocycles. The average Bonchev–Trinajstić information content (AvgIpc) is 2.82. The lowest BCUT2D eigenvalue weighted by atomic mass is 10.0. The maximum atomic E-state index is 6.29. The molecule has 1 aromatic carbocycles. The monoisotopic (exact) mass is 350 g/mol. The second-order valence-corrected chi connectivity index (χ2v) is 5.60. The van der Waals surface area contributed by atoms with E-state index in [9.17, 15) is 0 Å². The van der Waals surface area contributed by atoms with Crippen LogP contribution in [0.4, 0.5) is 5.69 Å². The number of rotatable bonds is 2. The van der Waals surface area contributed by atoms with E-state index in [2.05, 4.69) is 20.9 Å². The van der Waals surface area contributed by atoms with Gasteiger partial charge in [0.15, 0.2) is 5.65 Å². The molecule has 0 fully saturated rings. The average molecular weight is 352 g/mol. The number of nitrogen functional groups attached to an aromatic ring is 1. The van der Waals surface area contributed by atoms with Crippen molar-refractivity contribution in [2.24, 2.45) is 5.73 Å². The Morgan fingerprint density at radius 1 is 1.25 bits per heavy atom. The number of hydrogen-bond donors (Lipinski definition) is 2. The molecule has 0 amide bonds. The molecule has 0 saturated carbocycles. The van der Waals surface area contributed by atoms with E-state index in [4.69, 9.17) is 23.1 Å². The Labute approximate surface area is 129 Å². The third-order valence-electron chi connectivity index (χ3n) is 3.22. The molecule has 0 bridgehead atoms. The lowest BCUT2D eigenvalue weighted by Crippen LogP contribution is -2.08. The zero-order valence-corrected chi connectivity index (χ0v) is 12.8. The van der Waals surface area contributed by atoms with Gasteiger partial charge in [0.2, 0.25) is 0 Å². The lowest BCUT2D eigenvalue weighted by Gasteiger charge is -2.14. The van der Waals surface area contributed by atoms with Crippen molar-refractivity contribution < 1.29 is 0 Å². The molecular formula is C14H12BrClN4. The van der Waals surface area contributed by atoms with Crippen molar-refractivity contribution in [1.29, 1.82) is 0 Å². The molecule has 0 aliphatic heterocycles. The fourth-order valence-corrected chi connectivity index (χ4v) is 3.05. The van der Waals surface area contributed by atoms with E-state index in [0.717, 1.165) is 21.4 Å². The number of hydrogen-bond acceptors (Lipinski definition) is 3.